The first-order valence-electron chi connectivity index (χ1n) is 11.5. The van der Waals surface area contributed by atoms with E-state index in [-0.39, 0.29) is 28.5 Å². The van der Waals surface area contributed by atoms with Crippen LogP contribution in [-0.2, 0) is 10.2 Å². The van der Waals surface area contributed by atoms with Crippen molar-refractivity contribution in [2.24, 2.45) is 5.73 Å². The molecule has 3 aromatic rings. The molecule has 0 radical (unpaired) electrons. The molecule has 0 aromatic heterocycles. The summed E-state index contributed by atoms with van der Waals surface area (Å²) in [6.45, 7) is 5.84. The number of nitro groups is 1. The lowest BCUT2D eigenvalue weighted by Crippen LogP contribution is -2.22. The zero-order chi connectivity index (χ0) is 26.7. The summed E-state index contributed by atoms with van der Waals surface area (Å²) in [6, 6.07) is 20.7. The van der Waals surface area contributed by atoms with E-state index in [4.69, 9.17) is 19.9 Å². The molecule has 0 aliphatic carbocycles. The smallest absolute Gasteiger partial charge is 0.349 e. The highest BCUT2D eigenvalue weighted by atomic mass is 16.6. The van der Waals surface area contributed by atoms with Gasteiger partial charge in [-0.3, -0.25) is 10.1 Å². The summed E-state index contributed by atoms with van der Waals surface area (Å²) >= 11 is 0. The Morgan fingerprint density at radius 1 is 1.14 bits per heavy atom. The molecule has 1 unspecified atom stereocenters. The molecule has 3 aromatic carbocycles. The Morgan fingerprint density at radius 2 is 1.84 bits per heavy atom. The Balaban J connectivity index is 1.55. The van der Waals surface area contributed by atoms with Gasteiger partial charge in [0.1, 0.15) is 23.1 Å². The highest BCUT2D eigenvalue weighted by molar-refractivity contribution is 5.74. The normalized spacial score (nSPS) is 14.7. The Labute approximate surface area is 213 Å². The zero-order valence-corrected chi connectivity index (χ0v) is 20.6. The van der Waals surface area contributed by atoms with Crippen LogP contribution in [0.4, 0.5) is 5.69 Å². The fraction of sp³-hybridized carbons (Fsp3) is 0.214. The minimum Gasteiger partial charge on any atom is -0.475 e. The van der Waals surface area contributed by atoms with Crippen LogP contribution < -0.4 is 19.9 Å². The molecular formula is C28H25N3O6. The quantitative estimate of drug-likeness (QED) is 0.214. The maximum atomic E-state index is 12.4. The van der Waals surface area contributed by atoms with E-state index in [0.717, 1.165) is 11.1 Å². The van der Waals surface area contributed by atoms with Crippen molar-refractivity contribution < 1.29 is 23.9 Å². The fourth-order valence-corrected chi connectivity index (χ4v) is 4.05. The Kier molecular flexibility index (Phi) is 6.85. The number of carbonyl (C=O) groups is 1. The average molecular weight is 500 g/mol. The van der Waals surface area contributed by atoms with Gasteiger partial charge in [0.05, 0.1) is 10.8 Å². The maximum Gasteiger partial charge on any atom is 0.349 e. The molecule has 0 fully saturated rings. The summed E-state index contributed by atoms with van der Waals surface area (Å²) in [4.78, 5) is 22.9. The van der Waals surface area contributed by atoms with Gasteiger partial charge in [0.25, 0.3) is 0 Å². The second kappa shape index (κ2) is 10.0. The monoisotopic (exact) mass is 499 g/mol. The summed E-state index contributed by atoms with van der Waals surface area (Å²) in [7, 11) is 0. The molecule has 37 heavy (non-hydrogen) atoms. The molecule has 4 rings (SSSR count). The van der Waals surface area contributed by atoms with Crippen LogP contribution in [0.3, 0.4) is 0 Å². The second-order valence-corrected chi connectivity index (χ2v) is 9.48. The Hall–Kier alpha value is -4.84. The van der Waals surface area contributed by atoms with E-state index in [1.165, 1.54) is 24.3 Å². The molecule has 9 nitrogen and oxygen atoms in total. The van der Waals surface area contributed by atoms with Crippen LogP contribution in [0.1, 0.15) is 43.4 Å². The summed E-state index contributed by atoms with van der Waals surface area (Å²) in [6.07, 6.45) is 0. The predicted molar refractivity (Wildman–Crippen MR) is 135 cm³/mol. The van der Waals surface area contributed by atoms with Gasteiger partial charge in [0.15, 0.2) is 12.4 Å². The molecule has 1 aliphatic heterocycles. The van der Waals surface area contributed by atoms with Crippen LogP contribution in [-0.4, -0.2) is 17.5 Å². The number of hydrogen-bond acceptors (Lipinski definition) is 8. The number of allylic oxidation sites excluding steroid dienone is 1. The highest BCUT2D eigenvalue weighted by Gasteiger charge is 2.31. The van der Waals surface area contributed by atoms with E-state index in [1.54, 1.807) is 18.2 Å². The van der Waals surface area contributed by atoms with Crippen molar-refractivity contribution in [1.82, 2.24) is 0 Å². The number of hydrogen-bond donors (Lipinski definition) is 1. The maximum absolute atomic E-state index is 12.4. The van der Waals surface area contributed by atoms with Gasteiger partial charge in [-0.05, 0) is 28.7 Å². The van der Waals surface area contributed by atoms with E-state index in [9.17, 15) is 20.2 Å². The molecule has 1 heterocycles. The van der Waals surface area contributed by atoms with E-state index in [1.807, 2.05) is 24.3 Å². The predicted octanol–water partition coefficient (Wildman–Crippen LogP) is 5.09. The number of nitrogens with zero attached hydrogens (tertiary/aromatic N) is 2. The SMILES string of the molecule is CC(C)(C)c1ccc(C2C(C#N)=C(N)Oc3cc(OC(=O)COc4ccccc4[N+](=O)[O-])ccc32)cc1. The molecule has 0 saturated heterocycles. The Morgan fingerprint density at radius 3 is 2.49 bits per heavy atom. The van der Waals surface area contributed by atoms with Crippen LogP contribution in [0.5, 0.6) is 17.2 Å². The molecule has 9 heteroatoms. The topological polar surface area (TPSA) is 138 Å². The Bertz CT molecular complexity index is 1430. The number of nitrogens with two attached hydrogens (primary N) is 1. The van der Waals surface area contributed by atoms with Crippen LogP contribution in [0.25, 0.3) is 0 Å². The number of fused-ring (bicyclic) bond motifs is 1. The van der Waals surface area contributed by atoms with Crippen LogP contribution in [0, 0.1) is 21.4 Å². The van der Waals surface area contributed by atoms with Crippen LogP contribution >= 0.6 is 0 Å². The third-order valence-corrected chi connectivity index (χ3v) is 5.94. The van der Waals surface area contributed by atoms with Crippen molar-refractivity contribution in [2.75, 3.05) is 6.61 Å². The molecule has 1 aliphatic rings. The first kappa shape index (κ1) is 25.3. The van der Waals surface area contributed by atoms with E-state index in [0.29, 0.717) is 16.9 Å². The van der Waals surface area contributed by atoms with Gasteiger partial charge in [-0.2, -0.15) is 5.26 Å². The van der Waals surface area contributed by atoms with E-state index >= 15 is 0 Å². The third kappa shape index (κ3) is 5.38. The molecular weight excluding hydrogens is 474 g/mol. The first-order valence-corrected chi connectivity index (χ1v) is 11.5. The number of benzene rings is 3. The van der Waals surface area contributed by atoms with E-state index in [2.05, 4.69) is 26.8 Å². The number of para-hydroxylation sites is 2. The van der Waals surface area contributed by atoms with Gasteiger partial charge >= 0.3 is 11.7 Å². The number of esters is 1. The second-order valence-electron chi connectivity index (χ2n) is 9.48. The fourth-order valence-electron chi connectivity index (χ4n) is 4.05. The minimum atomic E-state index is -0.760. The molecule has 0 bridgehead atoms. The van der Waals surface area contributed by atoms with E-state index < -0.39 is 23.4 Å². The third-order valence-electron chi connectivity index (χ3n) is 5.94. The standard InChI is InChI=1S/C28H25N3O6/c1-28(2,3)18-10-8-17(9-11-18)26-20-13-12-19(14-24(20)37-27(30)21(26)15-29)36-25(32)16-35-23-7-5-4-6-22(23)31(33)34/h4-14,26H,16,30H2,1-3H3. The average Bonchev–Trinajstić information content (AvgIpc) is 2.86. The summed E-state index contributed by atoms with van der Waals surface area (Å²) in [5, 5.41) is 20.9. The van der Waals surface area contributed by atoms with Gasteiger partial charge in [0, 0.05) is 17.7 Å². The molecule has 2 N–H and O–H groups in total. The minimum absolute atomic E-state index is 0.0209. The number of ether oxygens (including phenoxy) is 3. The largest absolute Gasteiger partial charge is 0.475 e. The summed E-state index contributed by atoms with van der Waals surface area (Å²) in [5.41, 5.74) is 8.83. The van der Waals surface area contributed by atoms with Crippen LogP contribution in [0.2, 0.25) is 0 Å². The van der Waals surface area contributed by atoms with Crippen molar-refractivity contribution in [1.29, 1.82) is 5.26 Å². The zero-order valence-electron chi connectivity index (χ0n) is 20.6. The molecule has 0 amide bonds. The highest BCUT2D eigenvalue weighted by Crippen LogP contribution is 2.43. The van der Waals surface area contributed by atoms with Gasteiger partial charge in [-0.25, -0.2) is 4.79 Å². The van der Waals surface area contributed by atoms with Gasteiger partial charge < -0.3 is 19.9 Å². The van der Waals surface area contributed by atoms with Crippen molar-refractivity contribution >= 4 is 11.7 Å². The molecule has 1 atom stereocenters. The van der Waals surface area contributed by atoms with Crippen LogP contribution in [0.15, 0.2) is 78.2 Å². The van der Waals surface area contributed by atoms with Crippen molar-refractivity contribution in [3.8, 4) is 23.3 Å². The summed E-state index contributed by atoms with van der Waals surface area (Å²) in [5.74, 6) is -0.751. The lowest BCUT2D eigenvalue weighted by atomic mass is 9.81. The lowest BCUT2D eigenvalue weighted by molar-refractivity contribution is -0.385. The number of rotatable bonds is 6. The van der Waals surface area contributed by atoms with Gasteiger partial charge in [-0.1, -0.05) is 63.2 Å². The first-order chi connectivity index (χ1) is 17.6. The van der Waals surface area contributed by atoms with Gasteiger partial charge in [-0.15, -0.1) is 0 Å². The van der Waals surface area contributed by atoms with Crippen molar-refractivity contribution in [3.63, 3.8) is 0 Å². The van der Waals surface area contributed by atoms with Crippen molar-refractivity contribution in [3.05, 3.63) is 105 Å². The van der Waals surface area contributed by atoms with Gasteiger partial charge in [0.2, 0.25) is 5.88 Å². The molecule has 0 saturated carbocycles. The number of carbonyl (C=O) groups excluding carboxylic acids is 1. The lowest BCUT2D eigenvalue weighted by Gasteiger charge is -2.27. The molecule has 188 valence electrons. The van der Waals surface area contributed by atoms with Crippen molar-refractivity contribution in [2.45, 2.75) is 32.1 Å². The number of nitro benzene ring substituents is 1. The number of nitriles is 1. The molecule has 0 spiro atoms. The summed E-state index contributed by atoms with van der Waals surface area (Å²) < 4.78 is 16.3.